The Balaban J connectivity index is 1.77. The Kier molecular flexibility index (Phi) is 3.50. The number of imidazole rings is 1. The maximum Gasteiger partial charge on any atom is 0.351 e. The molecule has 0 fully saturated rings. The van der Waals surface area contributed by atoms with Crippen LogP contribution in [0.3, 0.4) is 0 Å². The Hall–Kier alpha value is -1.80. The number of aromatic nitrogens is 4. The first-order chi connectivity index (χ1) is 9.94. The van der Waals surface area contributed by atoms with Crippen molar-refractivity contribution in [3.05, 3.63) is 35.2 Å². The minimum atomic E-state index is -4.18. The highest BCUT2D eigenvalue weighted by Crippen LogP contribution is 2.36. The first-order valence-electron chi connectivity index (χ1n) is 6.19. The summed E-state index contributed by atoms with van der Waals surface area (Å²) in [7, 11) is -4.18. The van der Waals surface area contributed by atoms with E-state index in [9.17, 15) is 9.36 Å². The molecule has 0 bridgehead atoms. The summed E-state index contributed by atoms with van der Waals surface area (Å²) in [6.07, 6.45) is 5.91. The van der Waals surface area contributed by atoms with Crippen molar-refractivity contribution in [1.82, 2.24) is 19.5 Å². The number of H-pyrrole nitrogens is 1. The maximum atomic E-state index is 11.6. The van der Waals surface area contributed by atoms with Gasteiger partial charge in [0.2, 0.25) is 0 Å². The van der Waals surface area contributed by atoms with Crippen LogP contribution in [0.2, 0.25) is 0 Å². The number of aromatic amines is 1. The highest BCUT2D eigenvalue weighted by molar-refractivity contribution is 7.51. The molecular weight excluding hydrogens is 299 g/mol. The number of rotatable bonds is 4. The van der Waals surface area contributed by atoms with Gasteiger partial charge in [-0.2, -0.15) is 0 Å². The molecule has 3 rings (SSSR count). The lowest BCUT2D eigenvalue weighted by atomic mass is 10.2. The maximum absolute atomic E-state index is 11.6. The van der Waals surface area contributed by atoms with Gasteiger partial charge < -0.3 is 24.1 Å². The summed E-state index contributed by atoms with van der Waals surface area (Å²) in [5.74, 6) is 0. The minimum Gasteiger partial charge on any atom is -0.361 e. The van der Waals surface area contributed by atoms with Crippen LogP contribution in [0.25, 0.3) is 11.2 Å². The molecule has 2 atom stereocenters. The van der Waals surface area contributed by atoms with Crippen LogP contribution in [0, 0.1) is 0 Å². The largest absolute Gasteiger partial charge is 0.361 e. The van der Waals surface area contributed by atoms with Crippen LogP contribution in [-0.2, 0) is 9.30 Å². The van der Waals surface area contributed by atoms with Crippen molar-refractivity contribution in [3.63, 3.8) is 0 Å². The number of ether oxygens (including phenoxy) is 1. The van der Waals surface area contributed by atoms with Gasteiger partial charge in [0.15, 0.2) is 11.2 Å². The van der Waals surface area contributed by atoms with E-state index in [1.165, 1.54) is 12.7 Å². The first-order valence-corrected chi connectivity index (χ1v) is 7.98. The normalized spacial score (nSPS) is 22.2. The zero-order valence-corrected chi connectivity index (χ0v) is 11.7. The Bertz CT molecular complexity index is 791. The van der Waals surface area contributed by atoms with E-state index in [1.807, 2.05) is 6.08 Å². The Morgan fingerprint density at radius 2 is 2.24 bits per heavy atom. The van der Waals surface area contributed by atoms with Crippen LogP contribution < -0.4 is 5.56 Å². The van der Waals surface area contributed by atoms with Crippen molar-refractivity contribution in [1.29, 1.82) is 0 Å². The molecule has 21 heavy (non-hydrogen) atoms. The molecule has 2 aromatic heterocycles. The summed E-state index contributed by atoms with van der Waals surface area (Å²) in [5, 5.41) is 0. The van der Waals surface area contributed by atoms with Crippen molar-refractivity contribution in [2.75, 3.05) is 6.35 Å². The van der Waals surface area contributed by atoms with E-state index in [4.69, 9.17) is 14.5 Å². The molecule has 0 unspecified atom stereocenters. The van der Waals surface area contributed by atoms with Crippen LogP contribution in [0.5, 0.6) is 0 Å². The molecular formula is C11H13N4O5P. The van der Waals surface area contributed by atoms with Crippen LogP contribution in [0.4, 0.5) is 0 Å². The summed E-state index contributed by atoms with van der Waals surface area (Å²) in [4.78, 5) is 39.8. The molecule has 9 nitrogen and oxygen atoms in total. The summed E-state index contributed by atoms with van der Waals surface area (Å²) < 4.78 is 17.7. The molecule has 112 valence electrons. The molecule has 0 radical (unpaired) electrons. The number of hydrogen-bond donors (Lipinski definition) is 3. The van der Waals surface area contributed by atoms with Crippen molar-refractivity contribution in [2.45, 2.75) is 18.6 Å². The number of nitrogens with one attached hydrogen (secondary N) is 1. The Morgan fingerprint density at radius 1 is 1.43 bits per heavy atom. The first kappa shape index (κ1) is 14.2. The van der Waals surface area contributed by atoms with E-state index in [0.29, 0.717) is 12.1 Å². The van der Waals surface area contributed by atoms with Gasteiger partial charge in [-0.1, -0.05) is 12.2 Å². The average Bonchev–Trinajstić information content (AvgIpc) is 3.02. The van der Waals surface area contributed by atoms with Gasteiger partial charge in [-0.3, -0.25) is 9.36 Å². The average molecular weight is 312 g/mol. The molecule has 10 heteroatoms. The summed E-state index contributed by atoms with van der Waals surface area (Å²) >= 11 is 0. The Labute approximate surface area is 118 Å². The van der Waals surface area contributed by atoms with Gasteiger partial charge in [-0.15, -0.1) is 0 Å². The predicted octanol–water partition coefficient (Wildman–Crippen LogP) is 0.141. The quantitative estimate of drug-likeness (QED) is 0.540. The standard InChI is InChI=1S/C11H13N4O5P/c16-11-9-10(12-4-13-11)15(5-14-9)7-1-2-8(3-7)20-6-21(17,18)19/h1-2,4-5,7-8H,3,6H2,(H,12,13,16)(H2,17,18,19)/t7-,8+/m0/s1. The van der Waals surface area contributed by atoms with Gasteiger partial charge in [0.05, 0.1) is 24.8 Å². The lowest BCUT2D eigenvalue weighted by Crippen LogP contribution is -2.13. The predicted molar refractivity (Wildman–Crippen MR) is 72.7 cm³/mol. The van der Waals surface area contributed by atoms with E-state index < -0.39 is 13.9 Å². The van der Waals surface area contributed by atoms with Gasteiger partial charge >= 0.3 is 7.60 Å². The van der Waals surface area contributed by atoms with E-state index in [1.54, 1.807) is 10.6 Å². The van der Waals surface area contributed by atoms with Crippen LogP contribution >= 0.6 is 7.60 Å². The second-order valence-corrected chi connectivity index (χ2v) is 6.33. The van der Waals surface area contributed by atoms with Gasteiger partial charge in [-0.05, 0) is 0 Å². The molecule has 0 aromatic carbocycles. The number of hydrogen-bond acceptors (Lipinski definition) is 5. The fraction of sp³-hybridized carbons (Fsp3) is 0.364. The highest BCUT2D eigenvalue weighted by Gasteiger charge is 2.25. The molecule has 0 saturated carbocycles. The minimum absolute atomic E-state index is 0.119. The lowest BCUT2D eigenvalue weighted by Gasteiger charge is -2.14. The monoisotopic (exact) mass is 312 g/mol. The van der Waals surface area contributed by atoms with Crippen molar-refractivity contribution in [2.24, 2.45) is 0 Å². The number of allylic oxidation sites excluding steroid dienone is 1. The second kappa shape index (κ2) is 5.19. The molecule has 3 N–H and O–H groups in total. The van der Waals surface area contributed by atoms with Gasteiger partial charge in [-0.25, -0.2) is 9.97 Å². The zero-order valence-electron chi connectivity index (χ0n) is 10.8. The molecule has 2 aromatic rings. The van der Waals surface area contributed by atoms with E-state index >= 15 is 0 Å². The molecule has 0 spiro atoms. The molecule has 0 aliphatic heterocycles. The van der Waals surface area contributed by atoms with Crippen LogP contribution in [0.1, 0.15) is 12.5 Å². The molecule has 0 saturated heterocycles. The summed E-state index contributed by atoms with van der Waals surface area (Å²) in [6, 6.07) is -0.119. The van der Waals surface area contributed by atoms with Crippen molar-refractivity contribution < 1.29 is 19.1 Å². The van der Waals surface area contributed by atoms with Crippen LogP contribution in [0.15, 0.2) is 29.6 Å². The van der Waals surface area contributed by atoms with Crippen molar-refractivity contribution in [3.8, 4) is 0 Å². The summed E-state index contributed by atoms with van der Waals surface area (Å²) in [6.45, 7) is 0. The lowest BCUT2D eigenvalue weighted by molar-refractivity contribution is 0.102. The summed E-state index contributed by atoms with van der Waals surface area (Å²) in [5.41, 5.74) is 0.407. The smallest absolute Gasteiger partial charge is 0.351 e. The third-order valence-electron chi connectivity index (χ3n) is 3.20. The van der Waals surface area contributed by atoms with Gasteiger partial charge in [0, 0.05) is 6.42 Å². The van der Waals surface area contributed by atoms with Crippen molar-refractivity contribution >= 4 is 18.8 Å². The Morgan fingerprint density at radius 3 is 3.00 bits per heavy atom. The zero-order chi connectivity index (χ0) is 15.0. The molecule has 1 aliphatic carbocycles. The second-order valence-electron chi connectivity index (χ2n) is 4.74. The number of fused-ring (bicyclic) bond motifs is 1. The molecule has 1 aliphatic rings. The third-order valence-corrected chi connectivity index (χ3v) is 3.69. The molecule has 0 amide bonds. The number of nitrogens with zero attached hydrogens (tertiary/aromatic N) is 3. The van der Waals surface area contributed by atoms with Gasteiger partial charge in [0.1, 0.15) is 6.35 Å². The van der Waals surface area contributed by atoms with E-state index in [0.717, 1.165) is 0 Å². The molecule has 2 heterocycles. The van der Waals surface area contributed by atoms with E-state index in [2.05, 4.69) is 15.0 Å². The fourth-order valence-corrected chi connectivity index (χ4v) is 2.66. The SMILES string of the molecule is O=c1[nH]cnc2c1ncn2[C@H]1C=C[C@@H](OCP(=O)(O)O)C1. The third kappa shape index (κ3) is 2.96. The van der Waals surface area contributed by atoms with E-state index in [-0.39, 0.29) is 23.2 Å². The van der Waals surface area contributed by atoms with Crippen LogP contribution in [-0.4, -0.2) is 41.8 Å². The van der Waals surface area contributed by atoms with Gasteiger partial charge in [0.25, 0.3) is 5.56 Å². The topological polar surface area (TPSA) is 130 Å². The fourth-order valence-electron chi connectivity index (χ4n) is 2.28. The highest BCUT2D eigenvalue weighted by atomic mass is 31.2.